The molecule has 11 heavy (non-hydrogen) atoms. The van der Waals surface area contributed by atoms with Crippen LogP contribution in [0.15, 0.2) is 24.8 Å². The minimum Gasteiger partial charge on any atom is -0.399 e. The third-order valence-electron chi connectivity index (χ3n) is 1.74. The highest BCUT2D eigenvalue weighted by molar-refractivity contribution is 5.63. The van der Waals surface area contributed by atoms with Crippen LogP contribution in [0.2, 0.25) is 0 Å². The van der Waals surface area contributed by atoms with Crippen LogP contribution in [0.5, 0.6) is 0 Å². The summed E-state index contributed by atoms with van der Waals surface area (Å²) >= 11 is 0. The monoisotopic (exact) mass is 147 g/mol. The number of aryl methyl sites for hydroxylation is 2. The molecule has 1 aromatic carbocycles. The Morgan fingerprint density at radius 2 is 2.00 bits per heavy atom. The van der Waals surface area contributed by atoms with E-state index in [1.54, 1.807) is 0 Å². The van der Waals surface area contributed by atoms with Gasteiger partial charge < -0.3 is 5.73 Å². The summed E-state index contributed by atoms with van der Waals surface area (Å²) in [6.07, 6.45) is 0. The van der Waals surface area contributed by atoms with Gasteiger partial charge in [0.05, 0.1) is 0 Å². The maximum absolute atomic E-state index is 5.59. The maximum atomic E-state index is 5.59. The van der Waals surface area contributed by atoms with Gasteiger partial charge in [0, 0.05) is 5.70 Å². The molecule has 0 aromatic heterocycles. The van der Waals surface area contributed by atoms with Gasteiger partial charge in [0.25, 0.3) is 0 Å². The summed E-state index contributed by atoms with van der Waals surface area (Å²) in [5.41, 5.74) is 9.70. The van der Waals surface area contributed by atoms with E-state index in [4.69, 9.17) is 5.73 Å². The highest BCUT2D eigenvalue weighted by Gasteiger charge is 1.97. The van der Waals surface area contributed by atoms with E-state index in [2.05, 4.69) is 24.8 Å². The van der Waals surface area contributed by atoms with E-state index in [0.717, 1.165) is 5.56 Å². The number of hydrogen-bond acceptors (Lipinski definition) is 1. The lowest BCUT2D eigenvalue weighted by atomic mass is 10.0. The smallest absolute Gasteiger partial charge is 0.0317 e. The molecule has 0 radical (unpaired) electrons. The van der Waals surface area contributed by atoms with Crippen molar-refractivity contribution in [2.24, 2.45) is 5.73 Å². The average molecular weight is 147 g/mol. The van der Waals surface area contributed by atoms with Crippen LogP contribution < -0.4 is 5.73 Å². The summed E-state index contributed by atoms with van der Waals surface area (Å²) in [5, 5.41) is 0. The Morgan fingerprint density at radius 3 is 2.45 bits per heavy atom. The summed E-state index contributed by atoms with van der Waals surface area (Å²) in [6, 6.07) is 6.18. The normalized spacial score (nSPS) is 9.64. The molecule has 0 aliphatic carbocycles. The van der Waals surface area contributed by atoms with Gasteiger partial charge in [-0.15, -0.1) is 0 Å². The number of hydrogen-bond donors (Lipinski definition) is 1. The molecule has 0 spiro atoms. The molecule has 0 amide bonds. The van der Waals surface area contributed by atoms with Crippen LogP contribution in [-0.2, 0) is 0 Å². The SMILES string of the molecule is C=C(N)c1cc(C)ccc1C. The third-order valence-corrected chi connectivity index (χ3v) is 1.74. The first-order chi connectivity index (χ1) is 5.11. The van der Waals surface area contributed by atoms with Crippen LogP contribution in [0.1, 0.15) is 16.7 Å². The van der Waals surface area contributed by atoms with Gasteiger partial charge >= 0.3 is 0 Å². The fraction of sp³-hybridized carbons (Fsp3) is 0.200. The van der Waals surface area contributed by atoms with Gasteiger partial charge in [-0.2, -0.15) is 0 Å². The topological polar surface area (TPSA) is 26.0 Å². The highest BCUT2D eigenvalue weighted by atomic mass is 14.6. The fourth-order valence-electron chi connectivity index (χ4n) is 1.08. The van der Waals surface area contributed by atoms with Crippen molar-refractivity contribution < 1.29 is 0 Å². The first-order valence-electron chi connectivity index (χ1n) is 3.63. The Bertz CT molecular complexity index is 287. The predicted molar refractivity (Wildman–Crippen MR) is 49.1 cm³/mol. The van der Waals surface area contributed by atoms with Crippen LogP contribution in [0, 0.1) is 13.8 Å². The zero-order chi connectivity index (χ0) is 8.43. The molecular formula is C10H13N. The molecule has 0 heterocycles. The molecule has 58 valence electrons. The molecule has 0 saturated carbocycles. The Morgan fingerprint density at radius 1 is 1.36 bits per heavy atom. The lowest BCUT2D eigenvalue weighted by Gasteiger charge is -2.04. The van der Waals surface area contributed by atoms with Crippen molar-refractivity contribution in [3.05, 3.63) is 41.5 Å². The van der Waals surface area contributed by atoms with Gasteiger partial charge in [-0.05, 0) is 31.0 Å². The summed E-state index contributed by atoms with van der Waals surface area (Å²) in [6.45, 7) is 7.79. The van der Waals surface area contributed by atoms with E-state index in [0.29, 0.717) is 5.70 Å². The van der Waals surface area contributed by atoms with Crippen LogP contribution >= 0.6 is 0 Å². The minimum atomic E-state index is 0.645. The number of nitrogens with two attached hydrogens (primary N) is 1. The third kappa shape index (κ3) is 1.61. The van der Waals surface area contributed by atoms with Gasteiger partial charge in [-0.25, -0.2) is 0 Å². The summed E-state index contributed by atoms with van der Waals surface area (Å²) < 4.78 is 0. The molecule has 1 heteroatoms. The molecule has 0 unspecified atom stereocenters. The first kappa shape index (κ1) is 7.86. The standard InChI is InChI=1S/C10H13N/c1-7-4-5-8(2)10(6-7)9(3)11/h4-6H,3,11H2,1-2H3. The molecule has 0 atom stereocenters. The Balaban J connectivity index is 3.23. The molecule has 0 aliphatic rings. The molecule has 0 saturated heterocycles. The molecule has 0 bridgehead atoms. The lowest BCUT2D eigenvalue weighted by Crippen LogP contribution is -1.96. The second-order valence-corrected chi connectivity index (χ2v) is 2.84. The molecule has 2 N–H and O–H groups in total. The Hall–Kier alpha value is -1.24. The maximum Gasteiger partial charge on any atom is 0.0317 e. The van der Waals surface area contributed by atoms with E-state index in [1.807, 2.05) is 13.8 Å². The molecule has 1 rings (SSSR count). The van der Waals surface area contributed by atoms with Crippen molar-refractivity contribution in [3.8, 4) is 0 Å². The quantitative estimate of drug-likeness (QED) is 0.647. The van der Waals surface area contributed by atoms with Crippen molar-refractivity contribution in [1.82, 2.24) is 0 Å². The molecule has 1 aromatic rings. The molecule has 1 nitrogen and oxygen atoms in total. The highest BCUT2D eigenvalue weighted by Crippen LogP contribution is 2.14. The van der Waals surface area contributed by atoms with E-state index in [1.165, 1.54) is 11.1 Å². The van der Waals surface area contributed by atoms with Crippen LogP contribution in [0.3, 0.4) is 0 Å². The fourth-order valence-corrected chi connectivity index (χ4v) is 1.08. The van der Waals surface area contributed by atoms with Gasteiger partial charge in [0.1, 0.15) is 0 Å². The van der Waals surface area contributed by atoms with Crippen molar-refractivity contribution in [3.63, 3.8) is 0 Å². The second-order valence-electron chi connectivity index (χ2n) is 2.84. The summed E-state index contributed by atoms with van der Waals surface area (Å²) in [4.78, 5) is 0. The molecular weight excluding hydrogens is 134 g/mol. The minimum absolute atomic E-state index is 0.645. The van der Waals surface area contributed by atoms with Crippen molar-refractivity contribution in [2.45, 2.75) is 13.8 Å². The van der Waals surface area contributed by atoms with E-state index in [-0.39, 0.29) is 0 Å². The Labute approximate surface area is 67.5 Å². The van der Waals surface area contributed by atoms with Crippen molar-refractivity contribution in [1.29, 1.82) is 0 Å². The molecule has 0 aliphatic heterocycles. The predicted octanol–water partition coefficient (Wildman–Crippen LogP) is 2.23. The van der Waals surface area contributed by atoms with Crippen LogP contribution in [-0.4, -0.2) is 0 Å². The van der Waals surface area contributed by atoms with Gasteiger partial charge in [0.15, 0.2) is 0 Å². The average Bonchev–Trinajstić information content (AvgIpc) is 1.94. The van der Waals surface area contributed by atoms with E-state index >= 15 is 0 Å². The Kier molecular flexibility index (Phi) is 1.99. The van der Waals surface area contributed by atoms with Crippen molar-refractivity contribution in [2.75, 3.05) is 0 Å². The van der Waals surface area contributed by atoms with Gasteiger partial charge in [0.2, 0.25) is 0 Å². The second kappa shape index (κ2) is 2.79. The van der Waals surface area contributed by atoms with Crippen LogP contribution in [0.25, 0.3) is 5.70 Å². The number of rotatable bonds is 1. The molecule has 0 fully saturated rings. The van der Waals surface area contributed by atoms with Gasteiger partial charge in [-0.3, -0.25) is 0 Å². The zero-order valence-corrected chi connectivity index (χ0v) is 7.02. The largest absolute Gasteiger partial charge is 0.399 e. The van der Waals surface area contributed by atoms with Crippen molar-refractivity contribution >= 4 is 5.70 Å². The zero-order valence-electron chi connectivity index (χ0n) is 7.02. The van der Waals surface area contributed by atoms with Gasteiger partial charge in [-0.1, -0.05) is 24.3 Å². The summed E-state index contributed by atoms with van der Waals surface area (Å²) in [5.74, 6) is 0. The first-order valence-corrected chi connectivity index (χ1v) is 3.63. The van der Waals surface area contributed by atoms with Crippen LogP contribution in [0.4, 0.5) is 0 Å². The van der Waals surface area contributed by atoms with E-state index in [9.17, 15) is 0 Å². The summed E-state index contributed by atoms with van der Waals surface area (Å²) in [7, 11) is 0. The lowest BCUT2D eigenvalue weighted by molar-refractivity contribution is 1.35. The van der Waals surface area contributed by atoms with E-state index < -0.39 is 0 Å². The number of benzene rings is 1.